The van der Waals surface area contributed by atoms with Crippen LogP contribution in [-0.2, 0) is 0 Å². The summed E-state index contributed by atoms with van der Waals surface area (Å²) in [7, 11) is 0. The van der Waals surface area contributed by atoms with Gasteiger partial charge in [-0.05, 0) is 52.4 Å². The van der Waals surface area contributed by atoms with Crippen molar-refractivity contribution in [2.75, 3.05) is 26.2 Å². The van der Waals surface area contributed by atoms with Crippen molar-refractivity contribution >= 4 is 11.4 Å². The molecule has 0 spiro atoms. The molecule has 0 bridgehead atoms. The van der Waals surface area contributed by atoms with Crippen molar-refractivity contribution in [1.29, 1.82) is 0 Å². The van der Waals surface area contributed by atoms with Gasteiger partial charge in [-0.2, -0.15) is 10.2 Å². The van der Waals surface area contributed by atoms with Gasteiger partial charge in [0.05, 0.1) is 11.4 Å². The summed E-state index contributed by atoms with van der Waals surface area (Å²) in [5.74, 6) is 0. The Balaban J connectivity index is 1.91. The van der Waals surface area contributed by atoms with Gasteiger partial charge < -0.3 is 0 Å². The van der Waals surface area contributed by atoms with Crippen molar-refractivity contribution in [3.8, 4) is 0 Å². The molecule has 0 atom stereocenters. The summed E-state index contributed by atoms with van der Waals surface area (Å²) in [5, 5.41) is 13.8. The highest BCUT2D eigenvalue weighted by Gasteiger charge is 2.11. The van der Waals surface area contributed by atoms with Crippen LogP contribution in [0.25, 0.3) is 0 Å². The topological polar surface area (TPSA) is 31.2 Å². The lowest BCUT2D eigenvalue weighted by atomic mass is 10.2. The van der Waals surface area contributed by atoms with E-state index in [-0.39, 0.29) is 0 Å². The van der Waals surface area contributed by atoms with Crippen molar-refractivity contribution in [3.63, 3.8) is 0 Å². The molecule has 2 aliphatic heterocycles. The Hall–Kier alpha value is -1.06. The summed E-state index contributed by atoms with van der Waals surface area (Å²) in [6.45, 7) is 8.58. The van der Waals surface area contributed by atoms with E-state index in [0.29, 0.717) is 0 Å². The Kier molecular flexibility index (Phi) is 5.02. The van der Waals surface area contributed by atoms with Gasteiger partial charge in [-0.1, -0.05) is 0 Å². The standard InChI is InChI=1S/C14H26N4/c1-13(15-17-9-5-3-6-10-17)14(2)16-18-11-7-4-8-12-18/h3-12H2,1-2H3/b15-13+,16-14+. The second kappa shape index (κ2) is 6.76. The Morgan fingerprint density at radius 3 is 1.28 bits per heavy atom. The highest BCUT2D eigenvalue weighted by atomic mass is 15.5. The highest BCUT2D eigenvalue weighted by Crippen LogP contribution is 2.11. The number of piperidine rings is 2. The molecule has 0 amide bonds. The minimum atomic E-state index is 1.07. The molecule has 0 radical (unpaired) electrons. The quantitative estimate of drug-likeness (QED) is 0.721. The average molecular weight is 250 g/mol. The average Bonchev–Trinajstić information content (AvgIpc) is 2.41. The molecule has 102 valence electrons. The minimum absolute atomic E-state index is 1.07. The largest absolute Gasteiger partial charge is 0.297 e. The molecular formula is C14H26N4. The molecule has 0 aromatic rings. The fraction of sp³-hybridized carbons (Fsp3) is 0.857. The second-order valence-electron chi connectivity index (χ2n) is 5.40. The van der Waals surface area contributed by atoms with E-state index in [0.717, 1.165) is 37.6 Å². The Bertz CT molecular complexity index is 278. The predicted octanol–water partition coefficient (Wildman–Crippen LogP) is 2.71. The second-order valence-corrected chi connectivity index (χ2v) is 5.40. The zero-order valence-electron chi connectivity index (χ0n) is 11.9. The maximum absolute atomic E-state index is 4.69. The van der Waals surface area contributed by atoms with E-state index in [9.17, 15) is 0 Å². The van der Waals surface area contributed by atoms with Gasteiger partial charge in [0, 0.05) is 26.2 Å². The molecule has 2 rings (SSSR count). The summed E-state index contributed by atoms with van der Waals surface area (Å²) in [5.41, 5.74) is 2.14. The molecule has 2 fully saturated rings. The van der Waals surface area contributed by atoms with E-state index < -0.39 is 0 Å². The van der Waals surface area contributed by atoms with Crippen molar-refractivity contribution in [2.45, 2.75) is 52.4 Å². The molecule has 0 saturated carbocycles. The summed E-state index contributed by atoms with van der Waals surface area (Å²) in [4.78, 5) is 0. The van der Waals surface area contributed by atoms with Crippen molar-refractivity contribution in [3.05, 3.63) is 0 Å². The zero-order valence-corrected chi connectivity index (χ0v) is 11.9. The van der Waals surface area contributed by atoms with E-state index in [1.807, 2.05) is 0 Å². The normalized spacial score (nSPS) is 23.4. The summed E-state index contributed by atoms with van der Waals surface area (Å²) >= 11 is 0. The zero-order chi connectivity index (χ0) is 12.8. The van der Waals surface area contributed by atoms with Gasteiger partial charge in [0.25, 0.3) is 0 Å². The van der Waals surface area contributed by atoms with E-state index in [4.69, 9.17) is 10.2 Å². The lowest BCUT2D eigenvalue weighted by Crippen LogP contribution is -2.29. The monoisotopic (exact) mass is 250 g/mol. The molecule has 0 aromatic heterocycles. The van der Waals surface area contributed by atoms with Crippen molar-refractivity contribution in [1.82, 2.24) is 10.0 Å². The van der Waals surface area contributed by atoms with Crippen LogP contribution in [0.5, 0.6) is 0 Å². The number of hydrazone groups is 2. The molecule has 0 aliphatic carbocycles. The number of hydrogen-bond acceptors (Lipinski definition) is 4. The maximum Gasteiger partial charge on any atom is 0.0803 e. The molecule has 0 unspecified atom stereocenters. The fourth-order valence-electron chi connectivity index (χ4n) is 2.52. The van der Waals surface area contributed by atoms with Crippen LogP contribution in [0.3, 0.4) is 0 Å². The lowest BCUT2D eigenvalue weighted by molar-refractivity contribution is 0.237. The summed E-state index contributed by atoms with van der Waals surface area (Å²) in [6, 6.07) is 0. The Morgan fingerprint density at radius 1 is 0.611 bits per heavy atom. The lowest BCUT2D eigenvalue weighted by Gasteiger charge is -2.26. The van der Waals surface area contributed by atoms with Crippen LogP contribution in [0.2, 0.25) is 0 Å². The fourth-order valence-corrected chi connectivity index (χ4v) is 2.52. The maximum atomic E-state index is 4.69. The van der Waals surface area contributed by atoms with E-state index in [2.05, 4.69) is 23.9 Å². The molecule has 2 saturated heterocycles. The first-order chi connectivity index (χ1) is 8.75. The van der Waals surface area contributed by atoms with Crippen molar-refractivity contribution in [2.24, 2.45) is 10.2 Å². The van der Waals surface area contributed by atoms with Gasteiger partial charge in [-0.15, -0.1) is 0 Å². The van der Waals surface area contributed by atoms with Crippen LogP contribution >= 0.6 is 0 Å². The molecule has 0 N–H and O–H groups in total. The first kappa shape index (κ1) is 13.4. The summed E-state index contributed by atoms with van der Waals surface area (Å²) < 4.78 is 0. The SMILES string of the molecule is CC(=N\N1CCCCC1)/C(C)=N/N1CCCCC1. The third-order valence-electron chi connectivity index (χ3n) is 3.77. The molecule has 4 heteroatoms. The third kappa shape index (κ3) is 4.00. The predicted molar refractivity (Wildman–Crippen MR) is 77.1 cm³/mol. The van der Waals surface area contributed by atoms with Crippen molar-refractivity contribution < 1.29 is 0 Å². The Labute approximate surface area is 111 Å². The van der Waals surface area contributed by atoms with Gasteiger partial charge in [0.2, 0.25) is 0 Å². The van der Waals surface area contributed by atoms with Gasteiger partial charge in [0.1, 0.15) is 0 Å². The van der Waals surface area contributed by atoms with Gasteiger partial charge >= 0.3 is 0 Å². The summed E-state index contributed by atoms with van der Waals surface area (Å²) in [6.07, 6.45) is 7.81. The molecule has 2 heterocycles. The molecule has 0 aromatic carbocycles. The number of hydrogen-bond donors (Lipinski definition) is 0. The molecular weight excluding hydrogens is 224 g/mol. The highest BCUT2D eigenvalue weighted by molar-refractivity contribution is 6.40. The molecule has 4 nitrogen and oxygen atoms in total. The minimum Gasteiger partial charge on any atom is -0.297 e. The smallest absolute Gasteiger partial charge is 0.0803 e. The van der Waals surface area contributed by atoms with Crippen LogP contribution in [0.4, 0.5) is 0 Å². The first-order valence-electron chi connectivity index (χ1n) is 7.36. The third-order valence-corrected chi connectivity index (χ3v) is 3.77. The van der Waals surface area contributed by atoms with E-state index in [1.54, 1.807) is 0 Å². The van der Waals surface area contributed by atoms with E-state index >= 15 is 0 Å². The van der Waals surface area contributed by atoms with Crippen LogP contribution < -0.4 is 0 Å². The molecule has 18 heavy (non-hydrogen) atoms. The molecule has 2 aliphatic rings. The van der Waals surface area contributed by atoms with E-state index in [1.165, 1.54) is 38.5 Å². The Morgan fingerprint density at radius 2 is 0.944 bits per heavy atom. The van der Waals surface area contributed by atoms with Crippen LogP contribution in [0, 0.1) is 0 Å². The van der Waals surface area contributed by atoms with Gasteiger partial charge in [-0.3, -0.25) is 10.0 Å². The number of nitrogens with zero attached hydrogens (tertiary/aromatic N) is 4. The number of rotatable bonds is 3. The van der Waals surface area contributed by atoms with Crippen LogP contribution in [0.15, 0.2) is 10.2 Å². The first-order valence-corrected chi connectivity index (χ1v) is 7.36. The van der Waals surface area contributed by atoms with Crippen LogP contribution in [-0.4, -0.2) is 47.6 Å². The van der Waals surface area contributed by atoms with Gasteiger partial charge in [-0.25, -0.2) is 0 Å². The van der Waals surface area contributed by atoms with Crippen LogP contribution in [0.1, 0.15) is 52.4 Å². The van der Waals surface area contributed by atoms with Gasteiger partial charge in [0.15, 0.2) is 0 Å².